The van der Waals surface area contributed by atoms with Gasteiger partial charge in [0.1, 0.15) is 0 Å². The number of nitrogens with zero attached hydrogens (tertiary/aromatic N) is 1. The number of aromatic nitrogens is 2. The summed E-state index contributed by atoms with van der Waals surface area (Å²) in [6.07, 6.45) is 0. The molecular formula is C8H5ClN2O4S. The van der Waals surface area contributed by atoms with Crippen LogP contribution in [0.25, 0.3) is 11.4 Å². The van der Waals surface area contributed by atoms with Gasteiger partial charge in [-0.25, -0.2) is 13.2 Å². The van der Waals surface area contributed by atoms with Crippen LogP contribution in [-0.4, -0.2) is 18.6 Å². The molecule has 0 aliphatic rings. The molecule has 2 rings (SSSR count). The van der Waals surface area contributed by atoms with E-state index in [1.54, 1.807) is 0 Å². The Kier molecular flexibility index (Phi) is 2.56. The molecule has 0 aliphatic carbocycles. The fourth-order valence-electron chi connectivity index (χ4n) is 1.13. The zero-order chi connectivity index (χ0) is 11.8. The average Bonchev–Trinajstić information content (AvgIpc) is 2.64. The van der Waals surface area contributed by atoms with Gasteiger partial charge in [-0.1, -0.05) is 5.16 Å². The van der Waals surface area contributed by atoms with Crippen LogP contribution in [-0.2, 0) is 9.05 Å². The molecule has 0 aliphatic heterocycles. The Hall–Kier alpha value is -1.60. The molecule has 0 bridgehead atoms. The predicted molar refractivity (Wildman–Crippen MR) is 55.6 cm³/mol. The Morgan fingerprint density at radius 3 is 2.31 bits per heavy atom. The summed E-state index contributed by atoms with van der Waals surface area (Å²) in [5.41, 5.74) is 0.523. The number of halogens is 1. The Morgan fingerprint density at radius 2 is 1.88 bits per heavy atom. The van der Waals surface area contributed by atoms with E-state index in [2.05, 4.69) is 14.7 Å². The Bertz CT molecular complexity index is 656. The van der Waals surface area contributed by atoms with Gasteiger partial charge in [-0.2, -0.15) is 0 Å². The molecule has 6 nitrogen and oxygen atoms in total. The number of hydrogen-bond donors (Lipinski definition) is 1. The van der Waals surface area contributed by atoms with E-state index in [9.17, 15) is 13.2 Å². The Morgan fingerprint density at radius 1 is 1.25 bits per heavy atom. The highest BCUT2D eigenvalue weighted by Gasteiger charge is 2.10. The van der Waals surface area contributed by atoms with E-state index in [4.69, 9.17) is 10.7 Å². The van der Waals surface area contributed by atoms with E-state index in [0.29, 0.717) is 5.56 Å². The van der Waals surface area contributed by atoms with Gasteiger partial charge in [0.05, 0.1) is 4.90 Å². The summed E-state index contributed by atoms with van der Waals surface area (Å²) < 4.78 is 26.2. The third-order valence-corrected chi connectivity index (χ3v) is 3.22. The molecule has 0 saturated carbocycles. The minimum atomic E-state index is -3.74. The highest BCUT2D eigenvalue weighted by atomic mass is 35.7. The molecule has 0 spiro atoms. The molecule has 0 saturated heterocycles. The van der Waals surface area contributed by atoms with Crippen LogP contribution in [0.4, 0.5) is 0 Å². The molecular weight excluding hydrogens is 256 g/mol. The first-order valence-corrected chi connectivity index (χ1v) is 6.39. The second-order valence-electron chi connectivity index (χ2n) is 2.91. The van der Waals surface area contributed by atoms with Gasteiger partial charge in [-0.15, -0.1) is 0 Å². The zero-order valence-electron chi connectivity index (χ0n) is 7.68. The summed E-state index contributed by atoms with van der Waals surface area (Å²) in [4.78, 5) is 13.0. The number of aromatic amines is 1. The maximum atomic E-state index is 11.0. The van der Waals surface area contributed by atoms with Crippen molar-refractivity contribution < 1.29 is 12.9 Å². The molecule has 16 heavy (non-hydrogen) atoms. The first-order chi connectivity index (χ1) is 7.47. The van der Waals surface area contributed by atoms with Crippen molar-refractivity contribution in [3.8, 4) is 11.4 Å². The molecule has 1 heterocycles. The summed E-state index contributed by atoms with van der Waals surface area (Å²) >= 11 is 0. The zero-order valence-corrected chi connectivity index (χ0v) is 9.25. The third kappa shape index (κ3) is 2.15. The SMILES string of the molecule is O=c1[nH]c(-c2ccc(S(=O)(=O)Cl)cc2)no1. The maximum Gasteiger partial charge on any atom is 0.439 e. The van der Waals surface area contributed by atoms with E-state index in [1.165, 1.54) is 24.3 Å². The summed E-state index contributed by atoms with van der Waals surface area (Å²) in [6, 6.07) is 5.54. The van der Waals surface area contributed by atoms with Crippen molar-refractivity contribution in [2.45, 2.75) is 4.90 Å². The molecule has 8 heteroatoms. The summed E-state index contributed by atoms with van der Waals surface area (Å²) in [7, 11) is 1.40. The van der Waals surface area contributed by atoms with Crippen molar-refractivity contribution in [3.63, 3.8) is 0 Å². The lowest BCUT2D eigenvalue weighted by Crippen LogP contribution is -1.95. The second-order valence-corrected chi connectivity index (χ2v) is 5.47. The fraction of sp³-hybridized carbons (Fsp3) is 0. The van der Waals surface area contributed by atoms with Crippen LogP contribution in [0.15, 0.2) is 38.5 Å². The molecule has 0 radical (unpaired) electrons. The molecule has 2 aromatic rings. The smallest absolute Gasteiger partial charge is 0.296 e. The fourth-order valence-corrected chi connectivity index (χ4v) is 1.90. The summed E-state index contributed by atoms with van der Waals surface area (Å²) in [6.45, 7) is 0. The number of hydrogen-bond acceptors (Lipinski definition) is 5. The van der Waals surface area contributed by atoms with Crippen molar-refractivity contribution in [3.05, 3.63) is 34.8 Å². The van der Waals surface area contributed by atoms with Crippen LogP contribution in [0.2, 0.25) is 0 Å². The molecule has 0 fully saturated rings. The Labute approximate surface area is 94.3 Å². The van der Waals surface area contributed by atoms with E-state index in [0.717, 1.165) is 0 Å². The number of H-pyrrole nitrogens is 1. The highest BCUT2D eigenvalue weighted by Crippen LogP contribution is 2.19. The van der Waals surface area contributed by atoms with Gasteiger partial charge in [-0.3, -0.25) is 9.51 Å². The first-order valence-electron chi connectivity index (χ1n) is 4.08. The topological polar surface area (TPSA) is 93.0 Å². The van der Waals surface area contributed by atoms with Crippen molar-refractivity contribution in [2.75, 3.05) is 0 Å². The van der Waals surface area contributed by atoms with Crippen LogP contribution in [0.1, 0.15) is 0 Å². The van der Waals surface area contributed by atoms with Gasteiger partial charge in [0.2, 0.25) is 0 Å². The van der Waals surface area contributed by atoms with E-state index in [1.807, 2.05) is 0 Å². The van der Waals surface area contributed by atoms with Crippen LogP contribution >= 0.6 is 10.7 Å². The highest BCUT2D eigenvalue weighted by molar-refractivity contribution is 8.13. The van der Waals surface area contributed by atoms with Crippen molar-refractivity contribution in [1.29, 1.82) is 0 Å². The second kappa shape index (κ2) is 3.76. The monoisotopic (exact) mass is 260 g/mol. The van der Waals surface area contributed by atoms with Gasteiger partial charge in [0.25, 0.3) is 9.05 Å². The van der Waals surface area contributed by atoms with Gasteiger partial charge in [0.15, 0.2) is 5.82 Å². The van der Waals surface area contributed by atoms with Gasteiger partial charge in [-0.05, 0) is 24.3 Å². The number of benzene rings is 1. The normalized spacial score (nSPS) is 11.6. The third-order valence-electron chi connectivity index (χ3n) is 1.85. The minimum absolute atomic E-state index is 0.0243. The first kappa shape index (κ1) is 10.9. The number of rotatable bonds is 2. The predicted octanol–water partition coefficient (Wildman–Crippen LogP) is 0.957. The standard InChI is InChI=1S/C8H5ClN2O4S/c9-16(13,14)6-3-1-5(2-4-6)7-10-8(12)15-11-7/h1-4H,(H,10,11,12). The molecule has 0 atom stereocenters. The molecule has 1 N–H and O–H groups in total. The van der Waals surface area contributed by atoms with E-state index in [-0.39, 0.29) is 10.7 Å². The maximum absolute atomic E-state index is 11.0. The van der Waals surface area contributed by atoms with Gasteiger partial charge in [0, 0.05) is 16.2 Å². The lowest BCUT2D eigenvalue weighted by Gasteiger charge is -1.97. The van der Waals surface area contributed by atoms with Crippen molar-refractivity contribution in [2.24, 2.45) is 0 Å². The van der Waals surface area contributed by atoms with Crippen LogP contribution < -0.4 is 5.76 Å². The van der Waals surface area contributed by atoms with E-state index < -0.39 is 14.8 Å². The lowest BCUT2D eigenvalue weighted by molar-refractivity contribution is 0.388. The van der Waals surface area contributed by atoms with E-state index >= 15 is 0 Å². The van der Waals surface area contributed by atoms with Gasteiger partial charge < -0.3 is 0 Å². The molecule has 1 aromatic heterocycles. The van der Waals surface area contributed by atoms with Gasteiger partial charge >= 0.3 is 5.76 Å². The largest absolute Gasteiger partial charge is 0.439 e. The summed E-state index contributed by atoms with van der Waals surface area (Å²) in [5.74, 6) is -0.451. The average molecular weight is 261 g/mol. The number of nitrogens with one attached hydrogen (secondary N) is 1. The van der Waals surface area contributed by atoms with Crippen molar-refractivity contribution >= 4 is 19.7 Å². The molecule has 0 unspecified atom stereocenters. The quantitative estimate of drug-likeness (QED) is 0.812. The van der Waals surface area contributed by atoms with Crippen molar-refractivity contribution in [1.82, 2.24) is 10.1 Å². The van der Waals surface area contributed by atoms with Crippen LogP contribution in [0.3, 0.4) is 0 Å². The molecule has 1 aromatic carbocycles. The van der Waals surface area contributed by atoms with Crippen LogP contribution in [0.5, 0.6) is 0 Å². The lowest BCUT2D eigenvalue weighted by atomic mass is 10.2. The Balaban J connectivity index is 2.44. The minimum Gasteiger partial charge on any atom is -0.296 e. The molecule has 0 amide bonds. The summed E-state index contributed by atoms with van der Waals surface area (Å²) in [5, 5.41) is 3.45. The van der Waals surface area contributed by atoms with Crippen LogP contribution in [0, 0.1) is 0 Å². The molecule has 84 valence electrons.